The van der Waals surface area contributed by atoms with Gasteiger partial charge >= 0.3 is 6.03 Å². The molecule has 0 aromatic heterocycles. The summed E-state index contributed by atoms with van der Waals surface area (Å²) in [6.07, 6.45) is -0.534. The molecular weight excluding hydrogens is 192 g/mol. The predicted octanol–water partition coefficient (Wildman–Crippen LogP) is 1.50. The Bertz CT molecular complexity index is 337. The summed E-state index contributed by atoms with van der Waals surface area (Å²) in [6.45, 7) is 3.82. The minimum Gasteiger partial charge on any atom is -0.392 e. The Kier molecular flexibility index (Phi) is 4.12. The van der Waals surface area contributed by atoms with Gasteiger partial charge < -0.3 is 15.7 Å². The summed E-state index contributed by atoms with van der Waals surface area (Å²) in [4.78, 5) is 11.3. The Morgan fingerprint density at radius 2 is 2.27 bits per heavy atom. The minimum absolute atomic E-state index is 0.248. The highest BCUT2D eigenvalue weighted by molar-refractivity contribution is 5.89. The van der Waals surface area contributed by atoms with E-state index in [1.54, 1.807) is 6.92 Å². The second-order valence-electron chi connectivity index (χ2n) is 3.55. The molecule has 0 spiro atoms. The van der Waals surface area contributed by atoms with Gasteiger partial charge in [0.25, 0.3) is 0 Å². The van der Waals surface area contributed by atoms with Gasteiger partial charge in [-0.05, 0) is 31.5 Å². The Hall–Kier alpha value is -1.55. The van der Waals surface area contributed by atoms with E-state index >= 15 is 0 Å². The fraction of sp³-hybridized carbons (Fsp3) is 0.364. The van der Waals surface area contributed by atoms with Crippen LogP contribution in [0.25, 0.3) is 0 Å². The van der Waals surface area contributed by atoms with Crippen molar-refractivity contribution in [1.29, 1.82) is 0 Å². The molecule has 82 valence electrons. The van der Waals surface area contributed by atoms with Crippen molar-refractivity contribution in [2.45, 2.75) is 20.0 Å². The van der Waals surface area contributed by atoms with Gasteiger partial charge in [0, 0.05) is 12.2 Å². The molecule has 0 aliphatic heterocycles. The predicted molar refractivity (Wildman–Crippen MR) is 59.9 cm³/mol. The molecule has 0 bridgehead atoms. The van der Waals surface area contributed by atoms with Crippen LogP contribution in [0.3, 0.4) is 0 Å². The van der Waals surface area contributed by atoms with E-state index in [1.807, 2.05) is 31.2 Å². The molecule has 1 aromatic carbocycles. The molecule has 1 atom stereocenters. The van der Waals surface area contributed by atoms with Crippen molar-refractivity contribution in [3.05, 3.63) is 29.8 Å². The zero-order valence-corrected chi connectivity index (χ0v) is 8.95. The van der Waals surface area contributed by atoms with Crippen molar-refractivity contribution in [3.8, 4) is 0 Å². The topological polar surface area (TPSA) is 61.4 Å². The van der Waals surface area contributed by atoms with Crippen LogP contribution < -0.4 is 10.6 Å². The Balaban J connectivity index is 2.44. The highest BCUT2D eigenvalue weighted by Gasteiger charge is 2.02. The van der Waals surface area contributed by atoms with Crippen LogP contribution in [0.5, 0.6) is 0 Å². The SMILES string of the molecule is Cc1cccc(NC(=O)NC[C@H](C)O)c1. The van der Waals surface area contributed by atoms with Crippen molar-refractivity contribution in [3.63, 3.8) is 0 Å². The van der Waals surface area contributed by atoms with Gasteiger partial charge in [0.1, 0.15) is 0 Å². The second-order valence-corrected chi connectivity index (χ2v) is 3.55. The lowest BCUT2D eigenvalue weighted by Gasteiger charge is -2.09. The molecule has 0 aliphatic rings. The molecule has 0 radical (unpaired) electrons. The lowest BCUT2D eigenvalue weighted by atomic mass is 10.2. The highest BCUT2D eigenvalue weighted by Crippen LogP contribution is 2.08. The third kappa shape index (κ3) is 4.46. The van der Waals surface area contributed by atoms with E-state index in [9.17, 15) is 4.79 Å². The van der Waals surface area contributed by atoms with Crippen LogP contribution in [0, 0.1) is 6.92 Å². The largest absolute Gasteiger partial charge is 0.392 e. The summed E-state index contributed by atoms with van der Waals surface area (Å²) in [5.41, 5.74) is 1.83. The van der Waals surface area contributed by atoms with Crippen molar-refractivity contribution in [2.24, 2.45) is 0 Å². The molecule has 3 N–H and O–H groups in total. The Labute approximate surface area is 89.3 Å². The van der Waals surface area contributed by atoms with Gasteiger partial charge in [-0.3, -0.25) is 0 Å². The van der Waals surface area contributed by atoms with Crippen LogP contribution in [0.4, 0.5) is 10.5 Å². The lowest BCUT2D eigenvalue weighted by Crippen LogP contribution is -2.34. The molecule has 0 fully saturated rings. The zero-order valence-electron chi connectivity index (χ0n) is 8.95. The zero-order chi connectivity index (χ0) is 11.3. The van der Waals surface area contributed by atoms with E-state index in [1.165, 1.54) is 0 Å². The van der Waals surface area contributed by atoms with E-state index in [0.29, 0.717) is 0 Å². The first kappa shape index (κ1) is 11.5. The molecule has 1 aromatic rings. The summed E-state index contributed by atoms with van der Waals surface area (Å²) in [7, 11) is 0. The molecule has 0 aliphatic carbocycles. The van der Waals surface area contributed by atoms with Crippen LogP contribution in [-0.2, 0) is 0 Å². The number of aliphatic hydroxyl groups excluding tert-OH is 1. The van der Waals surface area contributed by atoms with Crippen molar-refractivity contribution < 1.29 is 9.90 Å². The maximum Gasteiger partial charge on any atom is 0.319 e. The number of nitrogens with one attached hydrogen (secondary N) is 2. The first-order valence-electron chi connectivity index (χ1n) is 4.87. The fourth-order valence-corrected chi connectivity index (χ4v) is 1.14. The molecule has 0 unspecified atom stereocenters. The molecule has 15 heavy (non-hydrogen) atoms. The van der Waals surface area contributed by atoms with Crippen LogP contribution in [0.15, 0.2) is 24.3 Å². The summed E-state index contributed by atoms with van der Waals surface area (Å²) in [5, 5.41) is 14.2. The third-order valence-electron chi connectivity index (χ3n) is 1.83. The van der Waals surface area contributed by atoms with E-state index in [2.05, 4.69) is 10.6 Å². The van der Waals surface area contributed by atoms with Crippen LogP contribution in [0.1, 0.15) is 12.5 Å². The highest BCUT2D eigenvalue weighted by atomic mass is 16.3. The Morgan fingerprint density at radius 1 is 1.53 bits per heavy atom. The maximum absolute atomic E-state index is 11.3. The average Bonchev–Trinajstić information content (AvgIpc) is 2.15. The fourth-order valence-electron chi connectivity index (χ4n) is 1.14. The van der Waals surface area contributed by atoms with E-state index in [4.69, 9.17) is 5.11 Å². The number of anilines is 1. The van der Waals surface area contributed by atoms with Gasteiger partial charge in [0.05, 0.1) is 6.10 Å². The van der Waals surface area contributed by atoms with E-state index in [-0.39, 0.29) is 12.6 Å². The molecule has 4 heteroatoms. The standard InChI is InChI=1S/C11H16N2O2/c1-8-4-3-5-10(6-8)13-11(15)12-7-9(2)14/h3-6,9,14H,7H2,1-2H3,(H2,12,13,15)/t9-/m0/s1. The first-order valence-corrected chi connectivity index (χ1v) is 4.87. The quantitative estimate of drug-likeness (QED) is 0.705. The summed E-state index contributed by atoms with van der Waals surface area (Å²) >= 11 is 0. The number of aliphatic hydroxyl groups is 1. The molecule has 2 amide bonds. The van der Waals surface area contributed by atoms with E-state index in [0.717, 1.165) is 11.3 Å². The molecule has 0 heterocycles. The number of rotatable bonds is 3. The number of carbonyl (C=O) groups excluding carboxylic acids is 1. The monoisotopic (exact) mass is 208 g/mol. The first-order chi connectivity index (χ1) is 7.08. The van der Waals surface area contributed by atoms with E-state index < -0.39 is 6.10 Å². The Morgan fingerprint density at radius 3 is 2.87 bits per heavy atom. The van der Waals surface area contributed by atoms with Gasteiger partial charge in [-0.25, -0.2) is 4.79 Å². The number of hydrogen-bond acceptors (Lipinski definition) is 2. The van der Waals surface area contributed by atoms with Gasteiger partial charge in [-0.1, -0.05) is 12.1 Å². The molecule has 1 rings (SSSR count). The third-order valence-corrected chi connectivity index (χ3v) is 1.83. The molecule has 0 saturated carbocycles. The molecule has 4 nitrogen and oxygen atoms in total. The minimum atomic E-state index is -0.534. The number of hydrogen-bond donors (Lipinski definition) is 3. The normalized spacial score (nSPS) is 11.9. The summed E-state index contributed by atoms with van der Waals surface area (Å²) in [5.74, 6) is 0. The molecule has 0 saturated heterocycles. The van der Waals surface area contributed by atoms with Crippen LogP contribution >= 0.6 is 0 Å². The van der Waals surface area contributed by atoms with Gasteiger partial charge in [-0.2, -0.15) is 0 Å². The average molecular weight is 208 g/mol. The number of amides is 2. The van der Waals surface area contributed by atoms with Gasteiger partial charge in [-0.15, -0.1) is 0 Å². The van der Waals surface area contributed by atoms with Gasteiger partial charge in [0.15, 0.2) is 0 Å². The second kappa shape index (κ2) is 5.36. The van der Waals surface area contributed by atoms with Crippen molar-refractivity contribution >= 4 is 11.7 Å². The number of carbonyl (C=O) groups is 1. The smallest absolute Gasteiger partial charge is 0.319 e. The maximum atomic E-state index is 11.3. The van der Waals surface area contributed by atoms with Gasteiger partial charge in [0.2, 0.25) is 0 Å². The van der Waals surface area contributed by atoms with Crippen LogP contribution in [-0.4, -0.2) is 23.8 Å². The summed E-state index contributed by atoms with van der Waals surface area (Å²) < 4.78 is 0. The summed E-state index contributed by atoms with van der Waals surface area (Å²) in [6, 6.07) is 7.22. The van der Waals surface area contributed by atoms with Crippen molar-refractivity contribution in [1.82, 2.24) is 5.32 Å². The number of benzene rings is 1. The van der Waals surface area contributed by atoms with Crippen LogP contribution in [0.2, 0.25) is 0 Å². The lowest BCUT2D eigenvalue weighted by molar-refractivity contribution is 0.190. The molecular formula is C11H16N2O2. The van der Waals surface area contributed by atoms with Crippen molar-refractivity contribution in [2.75, 3.05) is 11.9 Å². The number of aryl methyl sites for hydroxylation is 1. The number of urea groups is 1.